The molecular formula is C48H63N7O8. The molecule has 338 valence electrons. The molecule has 0 aromatic heterocycles. The lowest BCUT2D eigenvalue weighted by Gasteiger charge is -2.24. The highest BCUT2D eigenvalue weighted by atomic mass is 16.5. The second-order valence-electron chi connectivity index (χ2n) is 15.5. The molecule has 4 aromatic carbocycles. The van der Waals surface area contributed by atoms with Gasteiger partial charge in [-0.25, -0.2) is 4.79 Å². The highest BCUT2D eigenvalue weighted by Gasteiger charge is 2.30. The predicted octanol–water partition coefficient (Wildman–Crippen LogP) is 5.03. The number of Topliss-reactive ketones (excluding diaryl/α,β-unsaturated/α-hetero) is 1. The highest BCUT2D eigenvalue weighted by molar-refractivity contribution is 5.99. The number of amidine groups is 1. The van der Waals surface area contributed by atoms with E-state index in [0.717, 1.165) is 16.3 Å². The number of ether oxygens (including phenoxy) is 3. The van der Waals surface area contributed by atoms with Gasteiger partial charge in [0.15, 0.2) is 5.78 Å². The first-order chi connectivity index (χ1) is 30.5. The molecule has 0 aliphatic rings. The van der Waals surface area contributed by atoms with Crippen LogP contribution in [0, 0.1) is 17.2 Å². The first kappa shape index (κ1) is 49.5. The molecule has 4 rings (SSSR count). The number of rotatable bonds is 29. The highest BCUT2D eigenvalue weighted by Crippen LogP contribution is 2.24. The Bertz CT molecular complexity index is 2100. The molecule has 0 aliphatic carbocycles. The van der Waals surface area contributed by atoms with E-state index in [4.69, 9.17) is 42.6 Å². The van der Waals surface area contributed by atoms with Crippen molar-refractivity contribution in [2.45, 2.75) is 83.3 Å². The first-order valence-corrected chi connectivity index (χ1v) is 21.7. The smallest absolute Gasteiger partial charge is 0.343 e. The number of nitrogen functional groups attached to an aromatic ring is 1. The minimum Gasteiger partial charge on any atom is -0.492 e. The van der Waals surface area contributed by atoms with Crippen molar-refractivity contribution in [3.05, 3.63) is 108 Å². The van der Waals surface area contributed by atoms with E-state index < -0.39 is 35.7 Å². The fourth-order valence-electron chi connectivity index (χ4n) is 7.00. The molecule has 0 fully saturated rings. The number of esters is 2. The van der Waals surface area contributed by atoms with E-state index >= 15 is 0 Å². The molecule has 0 unspecified atom stereocenters. The zero-order chi connectivity index (χ0) is 45.4. The molecule has 0 heterocycles. The van der Waals surface area contributed by atoms with Crippen LogP contribution in [0.15, 0.2) is 91.0 Å². The van der Waals surface area contributed by atoms with Crippen molar-refractivity contribution in [1.29, 1.82) is 5.41 Å². The molecule has 0 saturated heterocycles. The van der Waals surface area contributed by atoms with Crippen molar-refractivity contribution >= 4 is 46.1 Å². The number of carbonyl (C=O) groups excluding carboxylic acids is 5. The number of carbonyl (C=O) groups is 5. The number of ketones is 1. The summed E-state index contributed by atoms with van der Waals surface area (Å²) in [6, 6.07) is 25.4. The Labute approximate surface area is 369 Å². The zero-order valence-electron chi connectivity index (χ0n) is 36.0. The van der Waals surface area contributed by atoms with Gasteiger partial charge in [0.25, 0.3) is 0 Å². The Morgan fingerprint density at radius 3 is 1.87 bits per heavy atom. The number of hydrogen-bond acceptors (Lipinski definition) is 12. The molecule has 15 nitrogen and oxygen atoms in total. The maximum atomic E-state index is 13.9. The van der Waals surface area contributed by atoms with E-state index in [0.29, 0.717) is 100 Å². The minimum atomic E-state index is -0.871. The van der Waals surface area contributed by atoms with Gasteiger partial charge in [0, 0.05) is 23.8 Å². The lowest BCUT2D eigenvalue weighted by Crippen LogP contribution is -2.45. The van der Waals surface area contributed by atoms with Crippen LogP contribution < -0.4 is 43.0 Å². The van der Waals surface area contributed by atoms with Crippen LogP contribution in [-0.2, 0) is 30.5 Å². The van der Waals surface area contributed by atoms with E-state index in [1.165, 1.54) is 0 Å². The number of unbranched alkanes of at least 4 members (excludes halogenated alkanes) is 3. The first-order valence-electron chi connectivity index (χ1n) is 21.7. The van der Waals surface area contributed by atoms with Gasteiger partial charge in [0.2, 0.25) is 11.8 Å². The van der Waals surface area contributed by atoms with Gasteiger partial charge in [-0.05, 0) is 123 Å². The number of amides is 2. The summed E-state index contributed by atoms with van der Waals surface area (Å²) in [7, 11) is 0. The lowest BCUT2D eigenvalue weighted by molar-refractivity contribution is -0.148. The predicted molar refractivity (Wildman–Crippen MR) is 243 cm³/mol. The zero-order valence-corrected chi connectivity index (χ0v) is 36.0. The Morgan fingerprint density at radius 2 is 1.22 bits per heavy atom. The summed E-state index contributed by atoms with van der Waals surface area (Å²) in [5.74, 6) is -2.66. The topological polar surface area (TPSA) is 265 Å². The third-order valence-corrected chi connectivity index (χ3v) is 10.6. The van der Waals surface area contributed by atoms with E-state index in [1.54, 1.807) is 54.6 Å². The molecular weight excluding hydrogens is 803 g/mol. The number of hydrogen-bond donors (Lipinski definition) is 7. The molecule has 0 radical (unpaired) electrons. The van der Waals surface area contributed by atoms with Gasteiger partial charge in [-0.3, -0.25) is 24.6 Å². The average molecular weight is 866 g/mol. The standard InChI is InChI=1S/C48H63N7O8/c49-23-7-4-12-38(30-43(56)42(14-6-9-25-51)55-47(59)39(13-5-8-24-50)31-44(57)62-32-33-10-2-1-3-11-33)46(58)54-26-27-61-40-20-17-34(18-21-40)48(60)63-41-22-19-35-28-37(45(52)53)16-15-36(35)29-41/h1-3,10-11,15-22,28-29,38-39,42H,4-9,12-14,23-27,30-32,49-51H2,(H3,52,53)(H,54,58)(H,55,59)/t38-,39-,42+/m1/s1. The Balaban J connectivity index is 1.31. The van der Waals surface area contributed by atoms with Gasteiger partial charge in [-0.15, -0.1) is 0 Å². The molecule has 11 N–H and O–H groups in total. The molecule has 3 atom stereocenters. The minimum absolute atomic E-state index is 0.0298. The van der Waals surface area contributed by atoms with Crippen molar-refractivity contribution in [3.63, 3.8) is 0 Å². The van der Waals surface area contributed by atoms with Crippen molar-refractivity contribution in [1.82, 2.24) is 10.6 Å². The molecule has 15 heteroatoms. The van der Waals surface area contributed by atoms with Crippen LogP contribution in [0.4, 0.5) is 0 Å². The number of fused-ring (bicyclic) bond motifs is 1. The second kappa shape index (κ2) is 27.0. The van der Waals surface area contributed by atoms with Crippen LogP contribution >= 0.6 is 0 Å². The van der Waals surface area contributed by atoms with Crippen LogP contribution in [0.25, 0.3) is 10.8 Å². The van der Waals surface area contributed by atoms with E-state index in [9.17, 15) is 24.0 Å². The molecule has 63 heavy (non-hydrogen) atoms. The molecule has 0 aliphatic heterocycles. The number of nitrogens with two attached hydrogens (primary N) is 4. The van der Waals surface area contributed by atoms with Gasteiger partial charge in [0.1, 0.15) is 30.5 Å². The molecule has 0 spiro atoms. The second-order valence-corrected chi connectivity index (χ2v) is 15.5. The quantitative estimate of drug-likeness (QED) is 0.0125. The van der Waals surface area contributed by atoms with E-state index in [2.05, 4.69) is 10.6 Å². The SMILES string of the molecule is N=C(N)c1ccc2cc(OC(=O)c3ccc(OCCNC(=O)[C@H](CCCCN)CC(=O)[C@H](CCCCN)NC(=O)[C@H](CCCCN)CC(=O)OCc4ccccc4)cc3)ccc2c1. The van der Waals surface area contributed by atoms with E-state index in [1.807, 2.05) is 36.4 Å². The summed E-state index contributed by atoms with van der Waals surface area (Å²) in [5, 5.41) is 15.1. The van der Waals surface area contributed by atoms with Gasteiger partial charge in [-0.1, -0.05) is 61.4 Å². The third-order valence-electron chi connectivity index (χ3n) is 10.6. The van der Waals surface area contributed by atoms with Gasteiger partial charge >= 0.3 is 11.9 Å². The molecule has 0 saturated carbocycles. The summed E-state index contributed by atoms with van der Waals surface area (Å²) in [5.41, 5.74) is 24.5. The van der Waals surface area contributed by atoms with Crippen LogP contribution in [-0.4, -0.2) is 74.2 Å². The van der Waals surface area contributed by atoms with Crippen molar-refractivity contribution < 1.29 is 38.2 Å². The van der Waals surface area contributed by atoms with Crippen molar-refractivity contribution in [2.24, 2.45) is 34.8 Å². The molecule has 2 amide bonds. The molecule has 0 bridgehead atoms. The summed E-state index contributed by atoms with van der Waals surface area (Å²) in [4.78, 5) is 67.0. The molecule has 4 aromatic rings. The maximum Gasteiger partial charge on any atom is 0.343 e. The number of benzene rings is 4. The Morgan fingerprint density at radius 1 is 0.635 bits per heavy atom. The third kappa shape index (κ3) is 17.3. The summed E-state index contributed by atoms with van der Waals surface area (Å²) in [6.07, 6.45) is 4.76. The van der Waals surface area contributed by atoms with Crippen molar-refractivity contribution in [2.75, 3.05) is 32.8 Å². The number of nitrogens with one attached hydrogen (secondary N) is 3. The van der Waals surface area contributed by atoms with Crippen LogP contribution in [0.5, 0.6) is 11.5 Å². The van der Waals surface area contributed by atoms with Crippen molar-refractivity contribution in [3.8, 4) is 11.5 Å². The maximum absolute atomic E-state index is 13.9. The Kier molecular flexibility index (Phi) is 21.2. The fourth-order valence-corrected chi connectivity index (χ4v) is 7.00. The van der Waals surface area contributed by atoms with Gasteiger partial charge in [-0.2, -0.15) is 0 Å². The van der Waals surface area contributed by atoms with Crippen LogP contribution in [0.3, 0.4) is 0 Å². The van der Waals surface area contributed by atoms with Crippen LogP contribution in [0.2, 0.25) is 0 Å². The Hall–Kier alpha value is -6.16. The fraction of sp³-hybridized carbons (Fsp3) is 0.417. The largest absolute Gasteiger partial charge is 0.492 e. The van der Waals surface area contributed by atoms with E-state index in [-0.39, 0.29) is 50.1 Å². The van der Waals surface area contributed by atoms with Crippen LogP contribution in [0.1, 0.15) is 92.1 Å². The monoisotopic (exact) mass is 865 g/mol. The normalized spacial score (nSPS) is 12.4. The summed E-state index contributed by atoms with van der Waals surface area (Å²) >= 11 is 0. The average Bonchev–Trinajstić information content (AvgIpc) is 3.29. The lowest BCUT2D eigenvalue weighted by atomic mass is 9.90. The van der Waals surface area contributed by atoms with Gasteiger partial charge < -0.3 is 47.8 Å². The van der Waals surface area contributed by atoms with Gasteiger partial charge in [0.05, 0.1) is 24.6 Å². The summed E-state index contributed by atoms with van der Waals surface area (Å²) in [6.45, 7) is 1.67. The summed E-state index contributed by atoms with van der Waals surface area (Å²) < 4.78 is 16.9.